The van der Waals surface area contributed by atoms with Crippen molar-refractivity contribution in [2.45, 2.75) is 6.92 Å². The van der Waals surface area contributed by atoms with E-state index < -0.39 is 17.5 Å². The van der Waals surface area contributed by atoms with Crippen molar-refractivity contribution in [3.05, 3.63) is 83.2 Å². The third-order valence-electron chi connectivity index (χ3n) is 3.81. The van der Waals surface area contributed by atoms with Gasteiger partial charge in [0.15, 0.2) is 0 Å². The van der Waals surface area contributed by atoms with Gasteiger partial charge in [0.25, 0.3) is 0 Å². The molecule has 0 spiro atoms. The first-order valence-electron chi connectivity index (χ1n) is 7.25. The molecule has 0 radical (unpaired) electrons. The van der Waals surface area contributed by atoms with E-state index in [1.165, 1.54) is 30.3 Å². The van der Waals surface area contributed by atoms with Crippen LogP contribution in [-0.4, -0.2) is 0 Å². The van der Waals surface area contributed by atoms with Gasteiger partial charge < -0.3 is 0 Å². The van der Waals surface area contributed by atoms with Gasteiger partial charge in [0, 0.05) is 11.1 Å². The molecule has 0 heterocycles. The summed E-state index contributed by atoms with van der Waals surface area (Å²) in [5.41, 5.74) is 1.90. The first kappa shape index (κ1) is 15.8. The second-order valence-electron chi connectivity index (χ2n) is 5.48. The van der Waals surface area contributed by atoms with E-state index in [-0.39, 0.29) is 11.1 Å². The summed E-state index contributed by atoms with van der Waals surface area (Å²) in [6.45, 7) is 1.77. The average Bonchev–Trinajstić information content (AvgIpc) is 2.54. The van der Waals surface area contributed by atoms with Crippen LogP contribution in [0.4, 0.5) is 13.2 Å². The second-order valence-corrected chi connectivity index (χ2v) is 5.48. The number of rotatable bonds is 2. The quantitative estimate of drug-likeness (QED) is 0.600. The molecule has 0 unspecified atom stereocenters. The molecule has 0 aliphatic carbocycles. The Kier molecular flexibility index (Phi) is 4.09. The largest absolute Gasteiger partial charge is 0.206 e. The summed E-state index contributed by atoms with van der Waals surface area (Å²) in [4.78, 5) is 0. The van der Waals surface area contributed by atoms with E-state index in [9.17, 15) is 13.2 Å². The molecule has 1 nitrogen and oxygen atoms in total. The Labute approximate surface area is 137 Å². The van der Waals surface area contributed by atoms with E-state index in [1.807, 2.05) is 0 Å². The fraction of sp³-hybridized carbons (Fsp3) is 0.0500. The lowest BCUT2D eigenvalue weighted by atomic mass is 9.98. The van der Waals surface area contributed by atoms with E-state index in [0.29, 0.717) is 16.7 Å². The van der Waals surface area contributed by atoms with Crippen LogP contribution in [0.5, 0.6) is 0 Å². The molecule has 0 saturated heterocycles. The number of halogens is 3. The SMILES string of the molecule is Cc1ccc(-c2ccc(-c3ccc(C#N)c(F)c3)c(F)c2)c(F)c1. The van der Waals surface area contributed by atoms with Crippen molar-refractivity contribution in [2.24, 2.45) is 0 Å². The minimum atomic E-state index is -0.706. The summed E-state index contributed by atoms with van der Waals surface area (Å²) in [5.74, 6) is -1.72. The number of benzene rings is 3. The third-order valence-corrected chi connectivity index (χ3v) is 3.81. The summed E-state index contributed by atoms with van der Waals surface area (Å²) in [7, 11) is 0. The summed E-state index contributed by atoms with van der Waals surface area (Å²) in [5, 5.41) is 8.74. The molecule has 0 N–H and O–H groups in total. The van der Waals surface area contributed by atoms with Crippen molar-refractivity contribution in [1.82, 2.24) is 0 Å². The van der Waals surface area contributed by atoms with Crippen molar-refractivity contribution < 1.29 is 13.2 Å². The van der Waals surface area contributed by atoms with Crippen molar-refractivity contribution in [1.29, 1.82) is 5.26 Å². The van der Waals surface area contributed by atoms with Crippen LogP contribution in [0.15, 0.2) is 54.6 Å². The van der Waals surface area contributed by atoms with Gasteiger partial charge in [0.2, 0.25) is 0 Å². The minimum absolute atomic E-state index is 0.0995. The van der Waals surface area contributed by atoms with Crippen molar-refractivity contribution in [3.8, 4) is 28.3 Å². The Morgan fingerprint density at radius 1 is 0.708 bits per heavy atom. The summed E-state index contributed by atoms with van der Waals surface area (Å²) in [6.07, 6.45) is 0. The second kappa shape index (κ2) is 6.21. The summed E-state index contributed by atoms with van der Waals surface area (Å²) >= 11 is 0. The number of aryl methyl sites for hydroxylation is 1. The van der Waals surface area contributed by atoms with Crippen LogP contribution in [0, 0.1) is 35.7 Å². The van der Waals surface area contributed by atoms with Crippen LogP contribution in [0.3, 0.4) is 0 Å². The van der Waals surface area contributed by atoms with Crippen molar-refractivity contribution in [3.63, 3.8) is 0 Å². The number of nitrogens with zero attached hydrogens (tertiary/aromatic N) is 1. The number of hydrogen-bond acceptors (Lipinski definition) is 1. The van der Waals surface area contributed by atoms with Crippen molar-refractivity contribution >= 4 is 0 Å². The highest BCUT2D eigenvalue weighted by Gasteiger charge is 2.12. The smallest absolute Gasteiger partial charge is 0.141 e. The molecule has 0 atom stereocenters. The van der Waals surface area contributed by atoms with Gasteiger partial charge in [-0.1, -0.05) is 30.3 Å². The van der Waals surface area contributed by atoms with Crippen LogP contribution < -0.4 is 0 Å². The molecule has 3 rings (SSSR count). The van der Waals surface area contributed by atoms with E-state index in [4.69, 9.17) is 5.26 Å². The third kappa shape index (κ3) is 2.89. The normalized spacial score (nSPS) is 10.5. The van der Waals surface area contributed by atoms with Crippen LogP contribution in [0.25, 0.3) is 22.3 Å². The Morgan fingerprint density at radius 3 is 1.79 bits per heavy atom. The highest BCUT2D eigenvalue weighted by molar-refractivity contribution is 5.72. The Morgan fingerprint density at radius 2 is 1.25 bits per heavy atom. The van der Waals surface area contributed by atoms with Gasteiger partial charge in [0.1, 0.15) is 23.5 Å². The zero-order valence-corrected chi connectivity index (χ0v) is 12.8. The van der Waals surface area contributed by atoms with E-state index >= 15 is 0 Å². The molecule has 3 aromatic carbocycles. The lowest BCUT2D eigenvalue weighted by Crippen LogP contribution is -1.91. The van der Waals surface area contributed by atoms with Gasteiger partial charge in [-0.05, 0) is 47.9 Å². The zero-order chi connectivity index (χ0) is 17.3. The van der Waals surface area contributed by atoms with Gasteiger partial charge >= 0.3 is 0 Å². The van der Waals surface area contributed by atoms with Crippen LogP contribution in [0.2, 0.25) is 0 Å². The molecule has 0 bridgehead atoms. The van der Waals surface area contributed by atoms with Gasteiger partial charge in [0.05, 0.1) is 5.56 Å². The number of nitriles is 1. The molecule has 0 fully saturated rings. The molecule has 4 heteroatoms. The molecule has 24 heavy (non-hydrogen) atoms. The van der Waals surface area contributed by atoms with Gasteiger partial charge in [-0.15, -0.1) is 0 Å². The Hall–Kier alpha value is -3.06. The monoisotopic (exact) mass is 323 g/mol. The molecular weight excluding hydrogens is 311 g/mol. The highest BCUT2D eigenvalue weighted by Crippen LogP contribution is 2.30. The fourth-order valence-corrected chi connectivity index (χ4v) is 2.54. The topological polar surface area (TPSA) is 23.8 Å². The van der Waals surface area contributed by atoms with E-state index in [1.54, 1.807) is 31.2 Å². The first-order chi connectivity index (χ1) is 11.5. The van der Waals surface area contributed by atoms with Gasteiger partial charge in [-0.2, -0.15) is 5.26 Å². The maximum absolute atomic E-state index is 14.4. The first-order valence-corrected chi connectivity index (χ1v) is 7.25. The Bertz CT molecular complexity index is 971. The molecule has 0 saturated carbocycles. The molecule has 3 aromatic rings. The van der Waals surface area contributed by atoms with E-state index in [2.05, 4.69) is 0 Å². The standard InChI is InChI=1S/C20H12F3N/c1-12-2-6-16(19(22)8-12)14-5-7-17(20(23)10-14)13-3-4-15(11-24)18(21)9-13/h2-10H,1H3. The van der Waals surface area contributed by atoms with E-state index in [0.717, 1.165) is 11.6 Å². The minimum Gasteiger partial charge on any atom is -0.206 e. The van der Waals surface area contributed by atoms with Gasteiger partial charge in [-0.3, -0.25) is 0 Å². The predicted octanol–water partition coefficient (Wildman–Crippen LogP) is 5.62. The molecule has 0 aliphatic rings. The maximum Gasteiger partial charge on any atom is 0.141 e. The molecule has 0 aliphatic heterocycles. The maximum atomic E-state index is 14.4. The zero-order valence-electron chi connectivity index (χ0n) is 12.8. The van der Waals surface area contributed by atoms with Crippen LogP contribution >= 0.6 is 0 Å². The van der Waals surface area contributed by atoms with Crippen molar-refractivity contribution in [2.75, 3.05) is 0 Å². The molecule has 0 amide bonds. The molecular formula is C20H12F3N. The van der Waals surface area contributed by atoms with Crippen LogP contribution in [0.1, 0.15) is 11.1 Å². The highest BCUT2D eigenvalue weighted by atomic mass is 19.1. The molecule has 0 aromatic heterocycles. The lowest BCUT2D eigenvalue weighted by Gasteiger charge is -2.09. The average molecular weight is 323 g/mol. The summed E-state index contributed by atoms with van der Waals surface area (Å²) < 4.78 is 42.2. The molecule has 118 valence electrons. The predicted molar refractivity (Wildman–Crippen MR) is 86.6 cm³/mol. The number of hydrogen-bond donors (Lipinski definition) is 0. The fourth-order valence-electron chi connectivity index (χ4n) is 2.54. The Balaban J connectivity index is 2.04. The lowest BCUT2D eigenvalue weighted by molar-refractivity contribution is 0.621. The van der Waals surface area contributed by atoms with Crippen LogP contribution in [-0.2, 0) is 0 Å². The summed E-state index contributed by atoms with van der Waals surface area (Å²) in [6, 6.07) is 14.6. The van der Waals surface area contributed by atoms with Gasteiger partial charge in [-0.25, -0.2) is 13.2 Å².